The molecule has 1 aliphatic rings. The van der Waals surface area contributed by atoms with E-state index in [0.717, 1.165) is 50.2 Å². The van der Waals surface area contributed by atoms with Crippen molar-refractivity contribution in [2.75, 3.05) is 32.7 Å². The highest BCUT2D eigenvalue weighted by Crippen LogP contribution is 2.13. The minimum Gasteiger partial charge on any atom is -0.314 e. The summed E-state index contributed by atoms with van der Waals surface area (Å²) in [5, 5.41) is 11.5. The average Bonchev–Trinajstić information content (AvgIpc) is 2.79. The zero-order valence-electron chi connectivity index (χ0n) is 10.8. The van der Waals surface area contributed by atoms with E-state index in [1.54, 1.807) is 0 Å². The van der Waals surface area contributed by atoms with E-state index >= 15 is 0 Å². The summed E-state index contributed by atoms with van der Waals surface area (Å²) in [6, 6.07) is 6.44. The maximum absolute atomic E-state index is 4.10. The number of aryl methyl sites for hydroxylation is 1. The first-order valence-corrected chi connectivity index (χ1v) is 6.54. The van der Waals surface area contributed by atoms with Gasteiger partial charge in [0.2, 0.25) is 0 Å². The maximum Gasteiger partial charge on any atom is 0.113 e. The van der Waals surface area contributed by atoms with Gasteiger partial charge in [0.15, 0.2) is 0 Å². The molecule has 0 bridgehead atoms. The fourth-order valence-electron chi connectivity index (χ4n) is 2.45. The second-order valence-electron chi connectivity index (χ2n) is 4.88. The smallest absolute Gasteiger partial charge is 0.113 e. The molecule has 3 rings (SSSR count). The topological polar surface area (TPSA) is 46.0 Å². The molecule has 2 heterocycles. The Morgan fingerprint density at radius 2 is 2.11 bits per heavy atom. The molecule has 1 fully saturated rings. The van der Waals surface area contributed by atoms with Crippen LogP contribution in [0.25, 0.3) is 11.0 Å². The Kier molecular flexibility index (Phi) is 3.25. The third kappa shape index (κ3) is 2.37. The minimum atomic E-state index is 0.975. The van der Waals surface area contributed by atoms with Crippen molar-refractivity contribution in [1.29, 1.82) is 0 Å². The minimum absolute atomic E-state index is 0.975. The first kappa shape index (κ1) is 11.6. The van der Waals surface area contributed by atoms with Crippen LogP contribution >= 0.6 is 0 Å². The van der Waals surface area contributed by atoms with Crippen LogP contribution in [0, 0.1) is 0 Å². The molecule has 0 spiro atoms. The Morgan fingerprint density at radius 1 is 1.28 bits per heavy atom. The number of aromatic nitrogens is 3. The monoisotopic (exact) mass is 245 g/mol. The molecule has 1 saturated heterocycles. The Balaban J connectivity index is 1.68. The number of rotatable bonds is 3. The van der Waals surface area contributed by atoms with E-state index in [1.807, 2.05) is 11.7 Å². The molecule has 0 radical (unpaired) electrons. The van der Waals surface area contributed by atoms with Gasteiger partial charge in [-0.3, -0.25) is 0 Å². The van der Waals surface area contributed by atoms with Gasteiger partial charge >= 0.3 is 0 Å². The lowest BCUT2D eigenvalue weighted by molar-refractivity contribution is 0.244. The van der Waals surface area contributed by atoms with Gasteiger partial charge in [-0.25, -0.2) is 4.68 Å². The molecule has 0 amide bonds. The van der Waals surface area contributed by atoms with Gasteiger partial charge in [-0.15, -0.1) is 5.10 Å². The lowest BCUT2D eigenvalue weighted by atomic mass is 10.1. The van der Waals surface area contributed by atoms with Crippen molar-refractivity contribution in [3.63, 3.8) is 0 Å². The highest BCUT2D eigenvalue weighted by Gasteiger charge is 2.09. The van der Waals surface area contributed by atoms with Crippen LogP contribution in [0.5, 0.6) is 0 Å². The second kappa shape index (κ2) is 5.04. The van der Waals surface area contributed by atoms with Gasteiger partial charge in [0.05, 0.1) is 5.52 Å². The van der Waals surface area contributed by atoms with Crippen LogP contribution in [-0.2, 0) is 13.5 Å². The van der Waals surface area contributed by atoms with Crippen molar-refractivity contribution in [3.8, 4) is 0 Å². The van der Waals surface area contributed by atoms with Crippen LogP contribution < -0.4 is 5.32 Å². The maximum atomic E-state index is 4.10. The second-order valence-corrected chi connectivity index (χ2v) is 4.88. The molecule has 18 heavy (non-hydrogen) atoms. The molecule has 1 aliphatic heterocycles. The zero-order chi connectivity index (χ0) is 12.4. The number of nitrogens with one attached hydrogen (secondary N) is 1. The van der Waals surface area contributed by atoms with Crippen LogP contribution in [0.1, 0.15) is 5.56 Å². The fraction of sp³-hybridized carbons (Fsp3) is 0.538. The SMILES string of the molecule is Cn1nnc2ccc(CCN3CCNCC3)cc21. The number of benzene rings is 1. The predicted octanol–water partition coefficient (Wildman–Crippen LogP) is 0.416. The fourth-order valence-corrected chi connectivity index (χ4v) is 2.45. The molecule has 1 aromatic heterocycles. The third-order valence-corrected chi connectivity index (χ3v) is 3.60. The molecule has 0 unspecified atom stereocenters. The van der Waals surface area contributed by atoms with Crippen molar-refractivity contribution in [2.45, 2.75) is 6.42 Å². The van der Waals surface area contributed by atoms with E-state index in [4.69, 9.17) is 0 Å². The normalized spacial score (nSPS) is 17.4. The number of fused-ring (bicyclic) bond motifs is 1. The Morgan fingerprint density at radius 3 is 2.94 bits per heavy atom. The first-order valence-electron chi connectivity index (χ1n) is 6.54. The summed E-state index contributed by atoms with van der Waals surface area (Å²) in [6.45, 7) is 5.69. The van der Waals surface area contributed by atoms with Crippen molar-refractivity contribution in [2.24, 2.45) is 7.05 Å². The molecule has 5 nitrogen and oxygen atoms in total. The van der Waals surface area contributed by atoms with Crippen LogP contribution in [0.2, 0.25) is 0 Å². The van der Waals surface area contributed by atoms with Crippen molar-refractivity contribution < 1.29 is 0 Å². The quantitative estimate of drug-likeness (QED) is 0.851. The van der Waals surface area contributed by atoms with Gasteiger partial charge in [-0.1, -0.05) is 11.3 Å². The largest absolute Gasteiger partial charge is 0.314 e. The molecule has 96 valence electrons. The molecule has 1 N–H and O–H groups in total. The predicted molar refractivity (Wildman–Crippen MR) is 71.5 cm³/mol. The van der Waals surface area contributed by atoms with E-state index < -0.39 is 0 Å². The number of nitrogens with zero attached hydrogens (tertiary/aromatic N) is 4. The van der Waals surface area contributed by atoms with Gasteiger partial charge < -0.3 is 10.2 Å². The molecular weight excluding hydrogens is 226 g/mol. The molecule has 0 saturated carbocycles. The van der Waals surface area contributed by atoms with Crippen LogP contribution in [0.3, 0.4) is 0 Å². The molecule has 0 atom stereocenters. The van der Waals surface area contributed by atoms with E-state index in [1.165, 1.54) is 5.56 Å². The van der Waals surface area contributed by atoms with Crippen LogP contribution in [-0.4, -0.2) is 52.6 Å². The summed E-state index contributed by atoms with van der Waals surface area (Å²) in [5.74, 6) is 0. The van der Waals surface area contributed by atoms with Crippen molar-refractivity contribution >= 4 is 11.0 Å². The summed E-state index contributed by atoms with van der Waals surface area (Å²) >= 11 is 0. The Labute approximate surface area is 107 Å². The van der Waals surface area contributed by atoms with Crippen molar-refractivity contribution in [1.82, 2.24) is 25.2 Å². The molecule has 1 aromatic carbocycles. The van der Waals surface area contributed by atoms with Gasteiger partial charge in [0.1, 0.15) is 5.52 Å². The summed E-state index contributed by atoms with van der Waals surface area (Å²) in [5.41, 5.74) is 3.46. The summed E-state index contributed by atoms with van der Waals surface area (Å²) in [7, 11) is 1.94. The van der Waals surface area contributed by atoms with E-state index in [9.17, 15) is 0 Å². The lowest BCUT2D eigenvalue weighted by Crippen LogP contribution is -2.44. The van der Waals surface area contributed by atoms with E-state index in [0.29, 0.717) is 0 Å². The van der Waals surface area contributed by atoms with E-state index in [2.05, 4.69) is 38.7 Å². The number of hydrogen-bond donors (Lipinski definition) is 1. The highest BCUT2D eigenvalue weighted by atomic mass is 15.4. The molecule has 0 aliphatic carbocycles. The first-order chi connectivity index (χ1) is 8.83. The van der Waals surface area contributed by atoms with Gasteiger partial charge in [-0.2, -0.15) is 0 Å². The van der Waals surface area contributed by atoms with E-state index in [-0.39, 0.29) is 0 Å². The molecular formula is C13H19N5. The standard InChI is InChI=1S/C13H19N5/c1-17-13-10-11(2-3-12(13)15-16-17)4-7-18-8-5-14-6-9-18/h2-3,10,14H,4-9H2,1H3. The Bertz CT molecular complexity index is 527. The zero-order valence-corrected chi connectivity index (χ0v) is 10.8. The average molecular weight is 245 g/mol. The number of piperazine rings is 1. The van der Waals surface area contributed by atoms with Gasteiger partial charge in [-0.05, 0) is 24.1 Å². The third-order valence-electron chi connectivity index (χ3n) is 3.60. The summed E-state index contributed by atoms with van der Waals surface area (Å²) in [4.78, 5) is 2.52. The summed E-state index contributed by atoms with van der Waals surface area (Å²) < 4.78 is 1.84. The molecule has 2 aromatic rings. The van der Waals surface area contributed by atoms with Crippen LogP contribution in [0.15, 0.2) is 18.2 Å². The van der Waals surface area contributed by atoms with Gasteiger partial charge in [0, 0.05) is 39.8 Å². The Hall–Kier alpha value is -1.46. The van der Waals surface area contributed by atoms with Gasteiger partial charge in [0.25, 0.3) is 0 Å². The van der Waals surface area contributed by atoms with Crippen LogP contribution in [0.4, 0.5) is 0 Å². The highest BCUT2D eigenvalue weighted by molar-refractivity contribution is 5.74. The molecule has 5 heteroatoms. The lowest BCUT2D eigenvalue weighted by Gasteiger charge is -2.27. The number of hydrogen-bond acceptors (Lipinski definition) is 4. The van der Waals surface area contributed by atoms with Crippen molar-refractivity contribution in [3.05, 3.63) is 23.8 Å². The summed E-state index contributed by atoms with van der Waals surface area (Å²) in [6.07, 6.45) is 1.10.